The van der Waals surface area contributed by atoms with Crippen LogP contribution in [0.2, 0.25) is 0 Å². The van der Waals surface area contributed by atoms with Gasteiger partial charge in [0, 0.05) is 5.56 Å². The van der Waals surface area contributed by atoms with E-state index in [2.05, 4.69) is 19.2 Å². The van der Waals surface area contributed by atoms with Gasteiger partial charge in [-0.2, -0.15) is 0 Å². The molecule has 0 fully saturated rings. The monoisotopic (exact) mass is 285 g/mol. The van der Waals surface area contributed by atoms with Crippen molar-refractivity contribution in [2.45, 2.75) is 32.7 Å². The SMILES string of the molecule is CC(C)c1ccc(C(=O)N[C@H](C)c2ccc(F)cc2)cc1. The van der Waals surface area contributed by atoms with Crippen LogP contribution in [0.15, 0.2) is 48.5 Å². The summed E-state index contributed by atoms with van der Waals surface area (Å²) < 4.78 is 12.9. The summed E-state index contributed by atoms with van der Waals surface area (Å²) in [6.45, 7) is 6.12. The van der Waals surface area contributed by atoms with Crippen molar-refractivity contribution in [3.63, 3.8) is 0 Å². The summed E-state index contributed by atoms with van der Waals surface area (Å²) in [5.74, 6) is 0.0453. The van der Waals surface area contributed by atoms with E-state index in [-0.39, 0.29) is 17.8 Å². The van der Waals surface area contributed by atoms with Crippen molar-refractivity contribution in [2.24, 2.45) is 0 Å². The molecule has 2 nitrogen and oxygen atoms in total. The Labute approximate surface area is 125 Å². The molecule has 0 aliphatic heterocycles. The fourth-order valence-electron chi connectivity index (χ4n) is 2.13. The molecule has 1 N–H and O–H groups in total. The molecule has 0 saturated heterocycles. The highest BCUT2D eigenvalue weighted by Crippen LogP contribution is 2.16. The lowest BCUT2D eigenvalue weighted by atomic mass is 10.0. The zero-order valence-corrected chi connectivity index (χ0v) is 12.6. The second-order valence-corrected chi connectivity index (χ2v) is 5.52. The third-order valence-electron chi connectivity index (χ3n) is 3.56. The highest BCUT2D eigenvalue weighted by molar-refractivity contribution is 5.94. The number of hydrogen-bond acceptors (Lipinski definition) is 1. The molecule has 2 rings (SSSR count). The van der Waals surface area contributed by atoms with Gasteiger partial charge in [-0.3, -0.25) is 4.79 Å². The standard InChI is InChI=1S/C18H20FNO/c1-12(2)14-4-6-16(7-5-14)18(21)20-13(3)15-8-10-17(19)11-9-15/h4-13H,1-3H3,(H,20,21)/t13-/m1/s1. The zero-order valence-electron chi connectivity index (χ0n) is 12.6. The topological polar surface area (TPSA) is 29.1 Å². The Morgan fingerprint density at radius 2 is 1.43 bits per heavy atom. The predicted molar refractivity (Wildman–Crippen MR) is 82.8 cm³/mol. The lowest BCUT2D eigenvalue weighted by Gasteiger charge is -2.15. The fraction of sp³-hybridized carbons (Fsp3) is 0.278. The Kier molecular flexibility index (Phi) is 4.73. The first-order valence-electron chi connectivity index (χ1n) is 7.13. The quantitative estimate of drug-likeness (QED) is 0.884. The van der Waals surface area contributed by atoms with Gasteiger partial charge in [0.05, 0.1) is 6.04 Å². The van der Waals surface area contributed by atoms with Crippen molar-refractivity contribution in [3.05, 3.63) is 71.0 Å². The zero-order chi connectivity index (χ0) is 15.4. The molecule has 0 aliphatic rings. The first kappa shape index (κ1) is 15.2. The summed E-state index contributed by atoms with van der Waals surface area (Å²) in [5, 5.41) is 2.92. The highest BCUT2D eigenvalue weighted by atomic mass is 19.1. The lowest BCUT2D eigenvalue weighted by molar-refractivity contribution is 0.0940. The van der Waals surface area contributed by atoms with Crippen molar-refractivity contribution in [1.29, 1.82) is 0 Å². The van der Waals surface area contributed by atoms with Crippen LogP contribution in [-0.4, -0.2) is 5.91 Å². The van der Waals surface area contributed by atoms with E-state index in [4.69, 9.17) is 0 Å². The summed E-state index contributed by atoms with van der Waals surface area (Å²) in [7, 11) is 0. The molecule has 3 heteroatoms. The average Bonchev–Trinajstić information content (AvgIpc) is 2.47. The van der Waals surface area contributed by atoms with Crippen LogP contribution in [0.3, 0.4) is 0 Å². The number of carbonyl (C=O) groups excluding carboxylic acids is 1. The first-order chi connectivity index (χ1) is 9.97. The maximum absolute atomic E-state index is 12.9. The molecule has 0 saturated carbocycles. The summed E-state index contributed by atoms with van der Waals surface area (Å²) >= 11 is 0. The smallest absolute Gasteiger partial charge is 0.251 e. The number of amides is 1. The molecule has 0 heterocycles. The molecule has 0 spiro atoms. The van der Waals surface area contributed by atoms with Gasteiger partial charge < -0.3 is 5.32 Å². The fourth-order valence-corrected chi connectivity index (χ4v) is 2.13. The van der Waals surface area contributed by atoms with Gasteiger partial charge in [-0.15, -0.1) is 0 Å². The van der Waals surface area contributed by atoms with Crippen LogP contribution in [0.4, 0.5) is 4.39 Å². The summed E-state index contributed by atoms with van der Waals surface area (Å²) in [6, 6.07) is 13.6. The van der Waals surface area contributed by atoms with E-state index in [0.29, 0.717) is 11.5 Å². The van der Waals surface area contributed by atoms with E-state index in [1.165, 1.54) is 17.7 Å². The third kappa shape index (κ3) is 3.91. The molecule has 1 amide bonds. The number of halogens is 1. The van der Waals surface area contributed by atoms with Gasteiger partial charge in [-0.1, -0.05) is 38.1 Å². The Morgan fingerprint density at radius 3 is 1.95 bits per heavy atom. The molecule has 110 valence electrons. The Morgan fingerprint density at radius 1 is 0.905 bits per heavy atom. The van der Waals surface area contributed by atoms with Crippen LogP contribution in [-0.2, 0) is 0 Å². The Hall–Kier alpha value is -2.16. The van der Waals surface area contributed by atoms with Gasteiger partial charge in [0.1, 0.15) is 5.82 Å². The van der Waals surface area contributed by atoms with Gasteiger partial charge in [-0.25, -0.2) is 4.39 Å². The molecule has 0 bridgehead atoms. The third-order valence-corrected chi connectivity index (χ3v) is 3.56. The van der Waals surface area contributed by atoms with Crippen molar-refractivity contribution in [3.8, 4) is 0 Å². The molecule has 1 atom stereocenters. The number of hydrogen-bond donors (Lipinski definition) is 1. The molecule has 0 unspecified atom stereocenters. The van der Waals surface area contributed by atoms with Gasteiger partial charge in [0.15, 0.2) is 0 Å². The van der Waals surface area contributed by atoms with Crippen LogP contribution in [0, 0.1) is 5.82 Å². The van der Waals surface area contributed by atoms with Gasteiger partial charge in [0.25, 0.3) is 5.91 Å². The molecule has 0 radical (unpaired) electrons. The van der Waals surface area contributed by atoms with E-state index in [9.17, 15) is 9.18 Å². The molecule has 2 aromatic rings. The summed E-state index contributed by atoms with van der Waals surface area (Å²) in [5.41, 5.74) is 2.72. The van der Waals surface area contributed by atoms with Gasteiger partial charge in [-0.05, 0) is 48.2 Å². The second-order valence-electron chi connectivity index (χ2n) is 5.52. The minimum atomic E-state index is -0.276. The first-order valence-corrected chi connectivity index (χ1v) is 7.13. The van der Waals surface area contributed by atoms with Crippen LogP contribution in [0.25, 0.3) is 0 Å². The summed E-state index contributed by atoms with van der Waals surface area (Å²) in [4.78, 5) is 12.2. The number of nitrogens with one attached hydrogen (secondary N) is 1. The summed E-state index contributed by atoms with van der Waals surface area (Å²) in [6.07, 6.45) is 0. The van der Waals surface area contributed by atoms with E-state index < -0.39 is 0 Å². The molecule has 21 heavy (non-hydrogen) atoms. The molecule has 0 aromatic heterocycles. The van der Waals surface area contributed by atoms with E-state index in [1.54, 1.807) is 12.1 Å². The largest absolute Gasteiger partial charge is 0.346 e. The van der Waals surface area contributed by atoms with Crippen molar-refractivity contribution < 1.29 is 9.18 Å². The Bertz CT molecular complexity index is 602. The van der Waals surface area contributed by atoms with Crippen LogP contribution >= 0.6 is 0 Å². The van der Waals surface area contributed by atoms with Gasteiger partial charge in [0.2, 0.25) is 0 Å². The predicted octanol–water partition coefficient (Wildman–Crippen LogP) is 4.44. The van der Waals surface area contributed by atoms with E-state index in [1.807, 2.05) is 31.2 Å². The lowest BCUT2D eigenvalue weighted by Crippen LogP contribution is -2.26. The number of carbonyl (C=O) groups is 1. The molecular formula is C18H20FNO. The average molecular weight is 285 g/mol. The van der Waals surface area contributed by atoms with Crippen LogP contribution in [0.5, 0.6) is 0 Å². The number of benzene rings is 2. The number of rotatable bonds is 4. The molecule has 2 aromatic carbocycles. The van der Waals surface area contributed by atoms with Crippen LogP contribution < -0.4 is 5.32 Å². The second kappa shape index (κ2) is 6.53. The van der Waals surface area contributed by atoms with Crippen molar-refractivity contribution >= 4 is 5.91 Å². The maximum atomic E-state index is 12.9. The molecule has 0 aliphatic carbocycles. The van der Waals surface area contributed by atoms with E-state index >= 15 is 0 Å². The normalized spacial score (nSPS) is 12.2. The van der Waals surface area contributed by atoms with Gasteiger partial charge >= 0.3 is 0 Å². The van der Waals surface area contributed by atoms with Crippen molar-refractivity contribution in [2.75, 3.05) is 0 Å². The van der Waals surface area contributed by atoms with Crippen molar-refractivity contribution in [1.82, 2.24) is 5.32 Å². The minimum absolute atomic E-state index is 0.123. The minimum Gasteiger partial charge on any atom is -0.346 e. The van der Waals surface area contributed by atoms with E-state index in [0.717, 1.165) is 5.56 Å². The van der Waals surface area contributed by atoms with Crippen LogP contribution in [0.1, 0.15) is 54.2 Å². The maximum Gasteiger partial charge on any atom is 0.251 e. The molecular weight excluding hydrogens is 265 g/mol. The highest BCUT2D eigenvalue weighted by Gasteiger charge is 2.11. The Balaban J connectivity index is 2.05.